The SMILES string of the molecule is COC(=O)c1ccc(Nc2ccc(NC(=O)c3cccc(OC)c3)cc2)cc1. The molecule has 3 aromatic carbocycles. The Labute approximate surface area is 163 Å². The van der Waals surface area contributed by atoms with Crippen LogP contribution in [0.5, 0.6) is 5.75 Å². The first-order valence-electron chi connectivity index (χ1n) is 8.60. The van der Waals surface area contributed by atoms with Crippen molar-refractivity contribution in [3.63, 3.8) is 0 Å². The van der Waals surface area contributed by atoms with Crippen LogP contribution in [0.15, 0.2) is 72.8 Å². The molecule has 0 spiro atoms. The van der Waals surface area contributed by atoms with Crippen LogP contribution in [0, 0.1) is 0 Å². The van der Waals surface area contributed by atoms with E-state index in [4.69, 9.17) is 4.74 Å². The van der Waals surface area contributed by atoms with Crippen molar-refractivity contribution in [2.45, 2.75) is 0 Å². The lowest BCUT2D eigenvalue weighted by molar-refractivity contribution is 0.0600. The van der Waals surface area contributed by atoms with E-state index in [9.17, 15) is 9.59 Å². The highest BCUT2D eigenvalue weighted by Crippen LogP contribution is 2.20. The summed E-state index contributed by atoms with van der Waals surface area (Å²) in [7, 11) is 2.91. The van der Waals surface area contributed by atoms with Gasteiger partial charge < -0.3 is 20.1 Å². The summed E-state index contributed by atoms with van der Waals surface area (Å²) in [6.45, 7) is 0. The van der Waals surface area contributed by atoms with E-state index in [0.29, 0.717) is 22.6 Å². The molecule has 0 aliphatic heterocycles. The maximum atomic E-state index is 12.3. The minimum atomic E-state index is -0.373. The number of methoxy groups -OCH3 is 2. The van der Waals surface area contributed by atoms with E-state index < -0.39 is 0 Å². The Morgan fingerprint density at radius 2 is 1.36 bits per heavy atom. The number of anilines is 3. The highest BCUT2D eigenvalue weighted by molar-refractivity contribution is 6.04. The van der Waals surface area contributed by atoms with Crippen molar-refractivity contribution >= 4 is 28.9 Å². The summed E-state index contributed by atoms with van der Waals surface area (Å²) < 4.78 is 9.82. The Morgan fingerprint density at radius 3 is 1.96 bits per heavy atom. The van der Waals surface area contributed by atoms with Crippen molar-refractivity contribution in [3.8, 4) is 5.75 Å². The van der Waals surface area contributed by atoms with Crippen LogP contribution in [0.4, 0.5) is 17.1 Å². The molecule has 0 bridgehead atoms. The lowest BCUT2D eigenvalue weighted by Crippen LogP contribution is -2.11. The van der Waals surface area contributed by atoms with E-state index in [1.807, 2.05) is 24.3 Å². The number of rotatable bonds is 6. The standard InChI is InChI=1S/C22H20N2O4/c1-27-20-5-3-4-16(14-20)21(25)24-19-12-10-18(11-13-19)23-17-8-6-15(7-9-17)22(26)28-2/h3-14,23H,1-2H3,(H,24,25). The molecule has 0 aliphatic rings. The van der Waals surface area contributed by atoms with Crippen molar-refractivity contribution in [3.05, 3.63) is 83.9 Å². The second-order valence-electron chi connectivity index (χ2n) is 5.96. The summed E-state index contributed by atoms with van der Waals surface area (Å²) in [5.74, 6) is 0.0473. The number of benzene rings is 3. The second-order valence-corrected chi connectivity index (χ2v) is 5.96. The third-order valence-electron chi connectivity index (χ3n) is 4.07. The summed E-state index contributed by atoms with van der Waals surface area (Å²) in [5, 5.41) is 6.09. The van der Waals surface area contributed by atoms with Crippen LogP contribution in [-0.2, 0) is 4.74 Å². The average molecular weight is 376 g/mol. The van der Waals surface area contributed by atoms with Crippen molar-refractivity contribution in [2.24, 2.45) is 0 Å². The van der Waals surface area contributed by atoms with Gasteiger partial charge in [-0.05, 0) is 66.7 Å². The Balaban J connectivity index is 1.63. The van der Waals surface area contributed by atoms with Gasteiger partial charge in [-0.1, -0.05) is 6.07 Å². The molecule has 6 nitrogen and oxygen atoms in total. The summed E-state index contributed by atoms with van der Waals surface area (Å²) in [6.07, 6.45) is 0. The van der Waals surface area contributed by atoms with Crippen LogP contribution in [0.1, 0.15) is 20.7 Å². The van der Waals surface area contributed by atoms with Gasteiger partial charge in [-0.25, -0.2) is 4.79 Å². The number of hydrogen-bond donors (Lipinski definition) is 2. The van der Waals surface area contributed by atoms with E-state index in [-0.39, 0.29) is 11.9 Å². The summed E-state index contributed by atoms with van der Waals surface area (Å²) >= 11 is 0. The van der Waals surface area contributed by atoms with E-state index in [2.05, 4.69) is 15.4 Å². The Kier molecular flexibility index (Phi) is 5.91. The minimum Gasteiger partial charge on any atom is -0.497 e. The molecule has 0 atom stereocenters. The monoisotopic (exact) mass is 376 g/mol. The Hall–Kier alpha value is -3.80. The summed E-state index contributed by atoms with van der Waals surface area (Å²) in [4.78, 5) is 23.8. The van der Waals surface area contributed by atoms with Crippen molar-refractivity contribution in [2.75, 3.05) is 24.9 Å². The summed E-state index contributed by atoms with van der Waals surface area (Å²) in [5.41, 5.74) is 3.38. The quantitative estimate of drug-likeness (QED) is 0.621. The third kappa shape index (κ3) is 4.67. The van der Waals surface area contributed by atoms with Gasteiger partial charge in [0, 0.05) is 22.6 Å². The first-order chi connectivity index (χ1) is 13.6. The molecule has 6 heteroatoms. The van der Waals surface area contributed by atoms with E-state index in [1.165, 1.54) is 7.11 Å². The minimum absolute atomic E-state index is 0.210. The number of esters is 1. The van der Waals surface area contributed by atoms with Gasteiger partial charge in [-0.3, -0.25) is 4.79 Å². The molecule has 0 radical (unpaired) electrons. The molecule has 3 aromatic rings. The fraction of sp³-hybridized carbons (Fsp3) is 0.0909. The summed E-state index contributed by atoms with van der Waals surface area (Å²) in [6, 6.07) is 21.3. The van der Waals surface area contributed by atoms with Gasteiger partial charge in [0.25, 0.3) is 5.91 Å². The molecule has 28 heavy (non-hydrogen) atoms. The van der Waals surface area contributed by atoms with Gasteiger partial charge in [0.2, 0.25) is 0 Å². The number of carbonyl (C=O) groups is 2. The molecule has 3 rings (SSSR count). The van der Waals surface area contributed by atoms with Crippen LogP contribution in [-0.4, -0.2) is 26.1 Å². The topological polar surface area (TPSA) is 76.7 Å². The van der Waals surface area contributed by atoms with Gasteiger partial charge >= 0.3 is 5.97 Å². The fourth-order valence-corrected chi connectivity index (χ4v) is 2.58. The second kappa shape index (κ2) is 8.73. The molecule has 0 aromatic heterocycles. The highest BCUT2D eigenvalue weighted by Gasteiger charge is 2.08. The molecule has 0 saturated heterocycles. The van der Waals surface area contributed by atoms with E-state index in [0.717, 1.165) is 11.4 Å². The lowest BCUT2D eigenvalue weighted by atomic mass is 10.2. The van der Waals surface area contributed by atoms with Crippen LogP contribution in [0.2, 0.25) is 0 Å². The maximum absolute atomic E-state index is 12.3. The molecular formula is C22H20N2O4. The number of carbonyl (C=O) groups excluding carboxylic acids is 2. The Morgan fingerprint density at radius 1 is 0.750 bits per heavy atom. The van der Waals surface area contributed by atoms with Crippen LogP contribution >= 0.6 is 0 Å². The van der Waals surface area contributed by atoms with Crippen molar-refractivity contribution in [1.82, 2.24) is 0 Å². The molecule has 0 unspecified atom stereocenters. The molecule has 0 aliphatic carbocycles. The highest BCUT2D eigenvalue weighted by atomic mass is 16.5. The van der Waals surface area contributed by atoms with Gasteiger partial charge in [0.15, 0.2) is 0 Å². The van der Waals surface area contributed by atoms with Crippen molar-refractivity contribution < 1.29 is 19.1 Å². The zero-order chi connectivity index (χ0) is 19.9. The van der Waals surface area contributed by atoms with Gasteiger partial charge in [-0.15, -0.1) is 0 Å². The maximum Gasteiger partial charge on any atom is 0.337 e. The third-order valence-corrected chi connectivity index (χ3v) is 4.07. The molecule has 1 amide bonds. The number of nitrogens with one attached hydrogen (secondary N) is 2. The molecule has 0 heterocycles. The fourth-order valence-electron chi connectivity index (χ4n) is 2.58. The van der Waals surface area contributed by atoms with E-state index >= 15 is 0 Å². The molecule has 142 valence electrons. The number of amides is 1. The van der Waals surface area contributed by atoms with Crippen LogP contribution in [0.25, 0.3) is 0 Å². The number of hydrogen-bond acceptors (Lipinski definition) is 5. The normalized spacial score (nSPS) is 10.1. The van der Waals surface area contributed by atoms with E-state index in [1.54, 1.807) is 55.6 Å². The smallest absolute Gasteiger partial charge is 0.337 e. The van der Waals surface area contributed by atoms with Gasteiger partial charge in [0.1, 0.15) is 5.75 Å². The lowest BCUT2D eigenvalue weighted by Gasteiger charge is -2.10. The molecule has 0 fully saturated rings. The van der Waals surface area contributed by atoms with Crippen LogP contribution in [0.3, 0.4) is 0 Å². The predicted molar refractivity (Wildman–Crippen MR) is 108 cm³/mol. The Bertz CT molecular complexity index is 967. The first-order valence-corrected chi connectivity index (χ1v) is 8.60. The zero-order valence-corrected chi connectivity index (χ0v) is 15.6. The van der Waals surface area contributed by atoms with Gasteiger partial charge in [-0.2, -0.15) is 0 Å². The average Bonchev–Trinajstić information content (AvgIpc) is 2.75. The first kappa shape index (κ1) is 19.0. The molecule has 2 N–H and O–H groups in total. The largest absolute Gasteiger partial charge is 0.497 e. The van der Waals surface area contributed by atoms with Crippen molar-refractivity contribution in [1.29, 1.82) is 0 Å². The molecule has 0 saturated carbocycles. The van der Waals surface area contributed by atoms with Gasteiger partial charge in [0.05, 0.1) is 19.8 Å². The number of ether oxygens (including phenoxy) is 2. The predicted octanol–water partition coefficient (Wildman–Crippen LogP) is 4.48. The van der Waals surface area contributed by atoms with Crippen LogP contribution < -0.4 is 15.4 Å². The molecular weight excluding hydrogens is 356 g/mol. The zero-order valence-electron chi connectivity index (χ0n) is 15.6.